The summed E-state index contributed by atoms with van der Waals surface area (Å²) >= 11 is 1.14. The Kier molecular flexibility index (Phi) is 2.12. The summed E-state index contributed by atoms with van der Waals surface area (Å²) in [5, 5.41) is 8.84. The molecule has 3 aromatic heterocycles. The van der Waals surface area contributed by atoms with Gasteiger partial charge in [-0.15, -0.1) is 11.3 Å². The van der Waals surface area contributed by atoms with Gasteiger partial charge in [-0.2, -0.15) is 0 Å². The number of hydrogen-bond donors (Lipinski definition) is 2. The third-order valence-corrected chi connectivity index (χ3v) is 3.28. The molecule has 0 saturated carbocycles. The van der Waals surface area contributed by atoms with E-state index in [0.717, 1.165) is 16.9 Å². The maximum Gasteiger partial charge on any atom is 0.345 e. The fraction of sp³-hybridized carbons (Fsp3) is 0. The molecular formula is C10H6N4O2S. The quantitative estimate of drug-likeness (QED) is 0.719. The maximum atomic E-state index is 10.8. The van der Waals surface area contributed by atoms with E-state index >= 15 is 0 Å². The van der Waals surface area contributed by atoms with Gasteiger partial charge < -0.3 is 10.1 Å². The average molecular weight is 246 g/mol. The van der Waals surface area contributed by atoms with Crippen LogP contribution >= 0.6 is 11.3 Å². The minimum Gasteiger partial charge on any atom is -0.477 e. The Morgan fingerprint density at radius 3 is 3.00 bits per heavy atom. The van der Waals surface area contributed by atoms with Crippen LogP contribution in [0.15, 0.2) is 24.7 Å². The van der Waals surface area contributed by atoms with Crippen molar-refractivity contribution in [2.24, 2.45) is 0 Å². The summed E-state index contributed by atoms with van der Waals surface area (Å²) in [5.74, 6) is -0.454. The Morgan fingerprint density at radius 2 is 2.24 bits per heavy atom. The molecule has 84 valence electrons. The number of imidazole rings is 1. The molecule has 0 unspecified atom stereocenters. The third kappa shape index (κ3) is 1.66. The molecule has 0 aliphatic rings. The van der Waals surface area contributed by atoms with Crippen LogP contribution in [0, 0.1) is 0 Å². The second kappa shape index (κ2) is 3.63. The SMILES string of the molecule is O=C(O)c1ccc(-c2ncc3[nH]cnc3n2)s1. The van der Waals surface area contributed by atoms with Crippen molar-refractivity contribution in [2.75, 3.05) is 0 Å². The molecule has 7 heteroatoms. The highest BCUT2D eigenvalue weighted by Crippen LogP contribution is 2.25. The number of nitrogens with zero attached hydrogens (tertiary/aromatic N) is 3. The lowest BCUT2D eigenvalue weighted by Crippen LogP contribution is -1.89. The molecule has 0 spiro atoms. The molecule has 17 heavy (non-hydrogen) atoms. The molecule has 0 aliphatic carbocycles. The molecule has 3 rings (SSSR count). The van der Waals surface area contributed by atoms with Gasteiger partial charge in [-0.05, 0) is 12.1 Å². The standard InChI is InChI=1S/C10H6N4O2S/c15-10(16)7-2-1-6(17-7)9-11-3-5-8(14-9)13-4-12-5/h1-4H,(H,15,16)(H,11,12,13,14). The molecule has 2 N–H and O–H groups in total. The molecule has 6 nitrogen and oxygen atoms in total. The Hall–Kier alpha value is -2.28. The predicted octanol–water partition coefficient (Wildman–Crippen LogP) is 1.78. The number of carboxylic acids is 1. The van der Waals surface area contributed by atoms with Crippen molar-refractivity contribution in [1.82, 2.24) is 19.9 Å². The van der Waals surface area contributed by atoms with Crippen molar-refractivity contribution < 1.29 is 9.90 Å². The summed E-state index contributed by atoms with van der Waals surface area (Å²) < 4.78 is 0. The van der Waals surface area contributed by atoms with E-state index < -0.39 is 5.97 Å². The molecule has 0 aliphatic heterocycles. The van der Waals surface area contributed by atoms with Crippen LogP contribution in [0.4, 0.5) is 0 Å². The number of hydrogen-bond acceptors (Lipinski definition) is 5. The molecule has 0 atom stereocenters. The number of rotatable bonds is 2. The van der Waals surface area contributed by atoms with E-state index in [2.05, 4.69) is 19.9 Å². The number of carboxylic acid groups (broad SMARTS) is 1. The largest absolute Gasteiger partial charge is 0.477 e. The topological polar surface area (TPSA) is 91.8 Å². The Balaban J connectivity index is 2.09. The lowest BCUT2D eigenvalue weighted by Gasteiger charge is -1.94. The number of carbonyl (C=O) groups is 1. The lowest BCUT2D eigenvalue weighted by atomic mass is 10.4. The highest BCUT2D eigenvalue weighted by molar-refractivity contribution is 7.17. The molecule has 3 heterocycles. The first-order valence-corrected chi connectivity index (χ1v) is 5.55. The van der Waals surface area contributed by atoms with E-state index in [1.54, 1.807) is 24.7 Å². The minimum absolute atomic E-state index is 0.269. The van der Waals surface area contributed by atoms with Crippen molar-refractivity contribution in [1.29, 1.82) is 0 Å². The van der Waals surface area contributed by atoms with Crippen molar-refractivity contribution in [3.63, 3.8) is 0 Å². The fourth-order valence-corrected chi connectivity index (χ4v) is 2.21. The summed E-state index contributed by atoms with van der Waals surface area (Å²) in [4.78, 5) is 27.1. The van der Waals surface area contributed by atoms with Gasteiger partial charge in [-0.3, -0.25) is 0 Å². The zero-order valence-corrected chi connectivity index (χ0v) is 9.23. The van der Waals surface area contributed by atoms with Gasteiger partial charge in [0.2, 0.25) is 0 Å². The van der Waals surface area contributed by atoms with Gasteiger partial charge in [0.1, 0.15) is 10.4 Å². The molecule has 3 aromatic rings. The van der Waals surface area contributed by atoms with Crippen LogP contribution in [0.1, 0.15) is 9.67 Å². The van der Waals surface area contributed by atoms with Gasteiger partial charge >= 0.3 is 5.97 Å². The molecule has 0 saturated heterocycles. The summed E-state index contributed by atoms with van der Waals surface area (Å²) in [7, 11) is 0. The number of aromatic nitrogens is 4. The number of H-pyrrole nitrogens is 1. The van der Waals surface area contributed by atoms with Gasteiger partial charge in [0, 0.05) is 0 Å². The first-order valence-electron chi connectivity index (χ1n) is 4.73. The molecule has 0 amide bonds. The van der Waals surface area contributed by atoms with Gasteiger partial charge in [0.15, 0.2) is 11.5 Å². The van der Waals surface area contributed by atoms with Gasteiger partial charge in [0.25, 0.3) is 0 Å². The second-order valence-electron chi connectivity index (χ2n) is 3.30. The van der Waals surface area contributed by atoms with Crippen molar-refractivity contribution in [3.8, 4) is 10.7 Å². The van der Waals surface area contributed by atoms with E-state index in [-0.39, 0.29) is 4.88 Å². The van der Waals surface area contributed by atoms with Crippen molar-refractivity contribution in [3.05, 3.63) is 29.5 Å². The Bertz CT molecular complexity index is 703. The highest BCUT2D eigenvalue weighted by Gasteiger charge is 2.11. The molecular weight excluding hydrogens is 240 g/mol. The van der Waals surface area contributed by atoms with Gasteiger partial charge in [-0.25, -0.2) is 19.7 Å². The normalized spacial score (nSPS) is 10.8. The van der Waals surface area contributed by atoms with Gasteiger partial charge in [0.05, 0.1) is 17.4 Å². The first kappa shape index (κ1) is 9.91. The van der Waals surface area contributed by atoms with Crippen LogP contribution in [0.25, 0.3) is 21.9 Å². The number of nitrogens with one attached hydrogen (secondary N) is 1. The summed E-state index contributed by atoms with van der Waals surface area (Å²) in [6, 6.07) is 3.24. The van der Waals surface area contributed by atoms with E-state index in [9.17, 15) is 4.79 Å². The Morgan fingerprint density at radius 1 is 1.35 bits per heavy atom. The summed E-state index contributed by atoms with van der Waals surface area (Å²) in [5.41, 5.74) is 1.32. The van der Waals surface area contributed by atoms with E-state index in [0.29, 0.717) is 16.3 Å². The zero-order valence-electron chi connectivity index (χ0n) is 8.41. The first-order chi connectivity index (χ1) is 8.24. The van der Waals surface area contributed by atoms with E-state index in [1.807, 2.05) is 0 Å². The Labute approximate surface area is 99.0 Å². The monoisotopic (exact) mass is 246 g/mol. The lowest BCUT2D eigenvalue weighted by molar-refractivity contribution is 0.0702. The molecule has 0 radical (unpaired) electrons. The number of fused-ring (bicyclic) bond motifs is 1. The van der Waals surface area contributed by atoms with E-state index in [4.69, 9.17) is 5.11 Å². The van der Waals surface area contributed by atoms with Crippen molar-refractivity contribution >= 4 is 28.5 Å². The predicted molar refractivity (Wildman–Crippen MR) is 62.0 cm³/mol. The van der Waals surface area contributed by atoms with Crippen molar-refractivity contribution in [2.45, 2.75) is 0 Å². The molecule has 0 fully saturated rings. The molecule has 0 aromatic carbocycles. The smallest absolute Gasteiger partial charge is 0.345 e. The van der Waals surface area contributed by atoms with Crippen LogP contribution < -0.4 is 0 Å². The number of aromatic carboxylic acids is 1. The summed E-state index contributed by atoms with van der Waals surface area (Å²) in [6.45, 7) is 0. The minimum atomic E-state index is -0.943. The highest BCUT2D eigenvalue weighted by atomic mass is 32.1. The molecule has 0 bridgehead atoms. The van der Waals surface area contributed by atoms with Gasteiger partial charge in [-0.1, -0.05) is 0 Å². The fourth-order valence-electron chi connectivity index (χ4n) is 1.43. The zero-order chi connectivity index (χ0) is 11.8. The van der Waals surface area contributed by atoms with Crippen LogP contribution in [-0.2, 0) is 0 Å². The second-order valence-corrected chi connectivity index (χ2v) is 4.39. The average Bonchev–Trinajstić information content (AvgIpc) is 2.97. The van der Waals surface area contributed by atoms with Crippen LogP contribution in [0.3, 0.4) is 0 Å². The summed E-state index contributed by atoms with van der Waals surface area (Å²) in [6.07, 6.45) is 3.17. The van der Waals surface area contributed by atoms with Crippen LogP contribution in [0.5, 0.6) is 0 Å². The maximum absolute atomic E-state index is 10.8. The van der Waals surface area contributed by atoms with E-state index in [1.165, 1.54) is 0 Å². The van der Waals surface area contributed by atoms with Crippen LogP contribution in [0.2, 0.25) is 0 Å². The van der Waals surface area contributed by atoms with Crippen LogP contribution in [-0.4, -0.2) is 31.0 Å². The third-order valence-electron chi connectivity index (χ3n) is 2.21. The number of aromatic amines is 1. The number of thiophene rings is 1.